The Hall–Kier alpha value is -1.62. The molecule has 1 heterocycles. The zero-order valence-corrected chi connectivity index (χ0v) is 8.17. The number of allylic oxidation sites excluding steroid dienone is 3. The van der Waals surface area contributed by atoms with Crippen LogP contribution in [0.3, 0.4) is 0 Å². The molecule has 0 aromatic heterocycles. The fraction of sp³-hybridized carbons (Fsp3) is 0. The minimum Gasteiger partial charge on any atom is -0.268 e. The lowest BCUT2D eigenvalue weighted by Gasteiger charge is -1.92. The molecule has 4 nitrogen and oxygen atoms in total. The molecule has 5 heteroatoms. The van der Waals surface area contributed by atoms with Gasteiger partial charge in [0.25, 0.3) is 15.9 Å². The summed E-state index contributed by atoms with van der Waals surface area (Å²) in [5.41, 5.74) is 0.0832. The molecule has 0 radical (unpaired) electrons. The number of sulfonamides is 1. The van der Waals surface area contributed by atoms with Gasteiger partial charge in [0, 0.05) is 0 Å². The van der Waals surface area contributed by atoms with E-state index in [1.54, 1.807) is 0 Å². The largest absolute Gasteiger partial charge is 0.268 e. The molecule has 1 amide bonds. The molecule has 0 saturated heterocycles. The number of carbonyl (C=O) groups is 1. The SMILES string of the molecule is C=C/C=C\C1=C(C=C)S(=O)(=O)NC1=O. The standard InChI is InChI=1S/C9H9NO3S/c1-3-5-6-7-8(4-2)14(12,13)10-9(7)11/h3-6H,1-2H2,(H,10,11)/b6-5-. The van der Waals surface area contributed by atoms with Crippen LogP contribution in [0.15, 0.2) is 47.9 Å². The van der Waals surface area contributed by atoms with Crippen LogP contribution in [0, 0.1) is 0 Å². The van der Waals surface area contributed by atoms with Crippen molar-refractivity contribution in [2.45, 2.75) is 0 Å². The molecule has 14 heavy (non-hydrogen) atoms. The maximum atomic E-state index is 11.3. The van der Waals surface area contributed by atoms with Crippen LogP contribution in [0.5, 0.6) is 0 Å². The lowest BCUT2D eigenvalue weighted by atomic mass is 10.2. The molecule has 0 unspecified atom stereocenters. The summed E-state index contributed by atoms with van der Waals surface area (Å²) in [5.74, 6) is -0.641. The van der Waals surface area contributed by atoms with Gasteiger partial charge in [0.1, 0.15) is 0 Å². The molecule has 0 aliphatic carbocycles. The van der Waals surface area contributed by atoms with Gasteiger partial charge in [-0.3, -0.25) is 4.79 Å². The van der Waals surface area contributed by atoms with E-state index in [-0.39, 0.29) is 10.5 Å². The van der Waals surface area contributed by atoms with Gasteiger partial charge in [-0.15, -0.1) is 0 Å². The predicted octanol–water partition coefficient (Wildman–Crippen LogP) is 0.628. The molecule has 1 aliphatic rings. The van der Waals surface area contributed by atoms with Crippen LogP contribution in [0.4, 0.5) is 0 Å². The number of hydrogen-bond acceptors (Lipinski definition) is 3. The van der Waals surface area contributed by atoms with Crippen molar-refractivity contribution in [2.75, 3.05) is 0 Å². The van der Waals surface area contributed by atoms with Crippen LogP contribution in [-0.2, 0) is 14.8 Å². The van der Waals surface area contributed by atoms with Crippen LogP contribution in [0.1, 0.15) is 0 Å². The fourth-order valence-corrected chi connectivity index (χ4v) is 2.16. The van der Waals surface area contributed by atoms with Crippen LogP contribution in [-0.4, -0.2) is 14.3 Å². The molecule has 0 aromatic carbocycles. The summed E-state index contributed by atoms with van der Waals surface area (Å²) in [6.07, 6.45) is 5.45. The van der Waals surface area contributed by atoms with Crippen molar-refractivity contribution in [1.82, 2.24) is 4.72 Å². The van der Waals surface area contributed by atoms with E-state index in [9.17, 15) is 13.2 Å². The highest BCUT2D eigenvalue weighted by molar-refractivity contribution is 7.94. The first-order chi connectivity index (χ1) is 6.53. The van der Waals surface area contributed by atoms with E-state index in [0.29, 0.717) is 0 Å². The minimum absolute atomic E-state index is 0.0832. The number of hydrogen-bond donors (Lipinski definition) is 1. The summed E-state index contributed by atoms with van der Waals surface area (Å²) in [6, 6.07) is 0. The Morgan fingerprint density at radius 1 is 1.29 bits per heavy atom. The molecule has 0 aromatic rings. The molecule has 0 atom stereocenters. The monoisotopic (exact) mass is 211 g/mol. The summed E-state index contributed by atoms with van der Waals surface area (Å²) in [6.45, 7) is 6.76. The van der Waals surface area contributed by atoms with Gasteiger partial charge in [0.2, 0.25) is 0 Å². The van der Waals surface area contributed by atoms with E-state index in [2.05, 4.69) is 13.2 Å². The summed E-state index contributed by atoms with van der Waals surface area (Å²) >= 11 is 0. The number of carbonyl (C=O) groups excluding carboxylic acids is 1. The molecule has 0 fully saturated rings. The maximum absolute atomic E-state index is 11.3. The van der Waals surface area contributed by atoms with E-state index >= 15 is 0 Å². The van der Waals surface area contributed by atoms with Crippen molar-refractivity contribution in [1.29, 1.82) is 0 Å². The number of amides is 1. The van der Waals surface area contributed by atoms with Crippen molar-refractivity contribution in [3.05, 3.63) is 47.9 Å². The fourth-order valence-electron chi connectivity index (χ4n) is 1.03. The molecule has 0 bridgehead atoms. The topological polar surface area (TPSA) is 63.2 Å². The first kappa shape index (κ1) is 10.5. The van der Waals surface area contributed by atoms with Crippen molar-refractivity contribution in [3.8, 4) is 0 Å². The van der Waals surface area contributed by atoms with E-state index in [0.717, 1.165) is 6.08 Å². The minimum atomic E-state index is -3.69. The molecule has 1 rings (SSSR count). The molecular weight excluding hydrogens is 202 g/mol. The van der Waals surface area contributed by atoms with Crippen LogP contribution in [0.25, 0.3) is 0 Å². The zero-order chi connectivity index (χ0) is 10.8. The van der Waals surface area contributed by atoms with Gasteiger partial charge in [0.05, 0.1) is 10.5 Å². The third-order valence-electron chi connectivity index (χ3n) is 1.61. The maximum Gasteiger partial charge on any atom is 0.266 e. The molecular formula is C9H9NO3S. The Morgan fingerprint density at radius 2 is 1.93 bits per heavy atom. The van der Waals surface area contributed by atoms with Crippen LogP contribution >= 0.6 is 0 Å². The predicted molar refractivity (Wildman–Crippen MR) is 53.6 cm³/mol. The smallest absolute Gasteiger partial charge is 0.266 e. The highest BCUT2D eigenvalue weighted by Crippen LogP contribution is 2.20. The second-order valence-corrected chi connectivity index (χ2v) is 4.16. The van der Waals surface area contributed by atoms with E-state index in [1.165, 1.54) is 18.2 Å². The van der Waals surface area contributed by atoms with Crippen molar-refractivity contribution in [2.24, 2.45) is 0 Å². The average Bonchev–Trinajstić information content (AvgIpc) is 2.31. The van der Waals surface area contributed by atoms with E-state index in [4.69, 9.17) is 0 Å². The summed E-state index contributed by atoms with van der Waals surface area (Å²) in [5, 5.41) is 0. The van der Waals surface area contributed by atoms with Gasteiger partial charge in [-0.2, -0.15) is 0 Å². The first-order valence-electron chi connectivity index (χ1n) is 3.76. The normalized spacial score (nSPS) is 19.9. The van der Waals surface area contributed by atoms with Crippen molar-refractivity contribution in [3.63, 3.8) is 0 Å². The van der Waals surface area contributed by atoms with Gasteiger partial charge in [-0.05, 0) is 12.2 Å². The number of nitrogens with one attached hydrogen (secondary N) is 1. The third-order valence-corrected chi connectivity index (χ3v) is 3.03. The molecule has 1 N–H and O–H groups in total. The first-order valence-corrected chi connectivity index (χ1v) is 5.24. The van der Waals surface area contributed by atoms with Gasteiger partial charge in [0.15, 0.2) is 0 Å². The second-order valence-electron chi connectivity index (χ2n) is 2.51. The van der Waals surface area contributed by atoms with Gasteiger partial charge in [-0.25, -0.2) is 13.1 Å². The highest BCUT2D eigenvalue weighted by atomic mass is 32.2. The third kappa shape index (κ3) is 1.67. The Balaban J connectivity index is 3.34. The van der Waals surface area contributed by atoms with Crippen LogP contribution < -0.4 is 4.72 Å². The number of rotatable bonds is 3. The average molecular weight is 211 g/mol. The highest BCUT2D eigenvalue weighted by Gasteiger charge is 2.31. The second kappa shape index (κ2) is 3.63. The lowest BCUT2D eigenvalue weighted by Crippen LogP contribution is -2.22. The van der Waals surface area contributed by atoms with Gasteiger partial charge >= 0.3 is 0 Å². The molecule has 74 valence electrons. The Morgan fingerprint density at radius 3 is 2.43 bits per heavy atom. The Kier molecular flexibility index (Phi) is 2.71. The molecule has 0 saturated carbocycles. The summed E-state index contributed by atoms with van der Waals surface area (Å²) in [7, 11) is -3.69. The van der Waals surface area contributed by atoms with E-state index < -0.39 is 15.9 Å². The zero-order valence-electron chi connectivity index (χ0n) is 7.36. The summed E-state index contributed by atoms with van der Waals surface area (Å²) in [4.78, 5) is 11.1. The molecule has 0 spiro atoms. The van der Waals surface area contributed by atoms with Gasteiger partial charge in [-0.1, -0.05) is 25.3 Å². The Labute approximate surface area is 82.4 Å². The quantitative estimate of drug-likeness (QED) is 0.696. The van der Waals surface area contributed by atoms with E-state index in [1.807, 2.05) is 4.72 Å². The van der Waals surface area contributed by atoms with Gasteiger partial charge < -0.3 is 0 Å². The van der Waals surface area contributed by atoms with Crippen molar-refractivity contribution >= 4 is 15.9 Å². The Bertz CT molecular complexity index is 454. The molecule has 1 aliphatic heterocycles. The lowest BCUT2D eigenvalue weighted by molar-refractivity contribution is -0.115. The summed E-state index contributed by atoms with van der Waals surface area (Å²) < 4.78 is 24.4. The van der Waals surface area contributed by atoms with Crippen molar-refractivity contribution < 1.29 is 13.2 Å². The van der Waals surface area contributed by atoms with Crippen LogP contribution in [0.2, 0.25) is 0 Å².